The van der Waals surface area contributed by atoms with Gasteiger partial charge in [-0.05, 0) is 60.4 Å². The molecule has 6 aromatic rings. The third-order valence-corrected chi connectivity index (χ3v) is 11.3. The summed E-state index contributed by atoms with van der Waals surface area (Å²) in [4.78, 5) is 45.7. The molecule has 2 N–H and O–H groups in total. The average molecular weight is 851 g/mol. The van der Waals surface area contributed by atoms with Gasteiger partial charge in [0.25, 0.3) is 5.56 Å². The topological polar surface area (TPSA) is 187 Å². The zero-order chi connectivity index (χ0) is 40.1. The summed E-state index contributed by atoms with van der Waals surface area (Å²) in [6.45, 7) is 2.17. The number of ketones is 2. The van der Waals surface area contributed by atoms with Crippen molar-refractivity contribution in [2.75, 3.05) is 5.32 Å². The van der Waals surface area contributed by atoms with E-state index in [0.29, 0.717) is 28.2 Å². The van der Waals surface area contributed by atoms with Crippen LogP contribution in [-0.2, 0) is 25.9 Å². The number of hydrogen-bond acceptors (Lipinski definition) is 12. The van der Waals surface area contributed by atoms with Crippen LogP contribution in [-0.4, -0.2) is 29.5 Å². The maximum absolute atomic E-state index is 14.5. The van der Waals surface area contributed by atoms with Crippen molar-refractivity contribution < 1.29 is 101 Å². The second-order valence-electron chi connectivity index (χ2n) is 13.5. The molecule has 1 aromatic heterocycles. The van der Waals surface area contributed by atoms with Crippen molar-refractivity contribution in [1.82, 2.24) is 4.98 Å². The Kier molecular flexibility index (Phi) is 16.4. The van der Waals surface area contributed by atoms with Gasteiger partial charge in [0.05, 0.1) is 44.2 Å². The molecule has 1 aliphatic rings. The number of rotatable bonds is 17. The van der Waals surface area contributed by atoms with Crippen molar-refractivity contribution in [3.63, 3.8) is 0 Å². The minimum Gasteiger partial charge on any atom is -0.744 e. The Morgan fingerprint density at radius 3 is 2.17 bits per heavy atom. The predicted molar refractivity (Wildman–Crippen MR) is 213 cm³/mol. The van der Waals surface area contributed by atoms with Crippen LogP contribution in [0.1, 0.15) is 82.9 Å². The van der Waals surface area contributed by atoms with Crippen LogP contribution in [0.25, 0.3) is 22.0 Å². The third-order valence-electron chi connectivity index (χ3n) is 9.81. The molecule has 0 unspecified atom stereocenters. The van der Waals surface area contributed by atoms with E-state index >= 15 is 0 Å². The smallest absolute Gasteiger partial charge is 0.744 e. The van der Waals surface area contributed by atoms with Gasteiger partial charge in [0.1, 0.15) is 15.9 Å². The van der Waals surface area contributed by atoms with E-state index in [4.69, 9.17) is 9.07 Å². The molecule has 7 rings (SSSR count). The molecule has 1 aliphatic carbocycles. The standard InChI is InChI=1S/C43H38N2O10S2.2Na/c1-2-3-4-5-6-8-13-26-18-23-33(35(24-26)56-55-54-49)53-34-25-32(44-28-19-21-29(22-20-28)57(50,51)52)37-38-36(30-16-11-12-17-31(30)42(37)47)39(43(48)45-40(34)38)41(46)27-14-9-7-10-15-27;;/h7,9-12,14-25,44,49H,2-6,8,13H2,1H3,(H,45,48)(H,50,51,52);;/q;2*+1/p-2. The van der Waals surface area contributed by atoms with Crippen LogP contribution >= 0.6 is 12.0 Å². The maximum atomic E-state index is 14.5. The Labute approximate surface area is 389 Å². The normalized spacial score (nSPS) is 11.7. The van der Waals surface area contributed by atoms with Crippen molar-refractivity contribution >= 4 is 56.0 Å². The van der Waals surface area contributed by atoms with E-state index in [2.05, 4.69) is 22.3 Å². The number of nitrogens with one attached hydrogen (secondary N) is 2. The summed E-state index contributed by atoms with van der Waals surface area (Å²) in [7, 11) is -4.74. The minimum atomic E-state index is -4.74. The maximum Gasteiger partial charge on any atom is 1.00 e. The predicted octanol–water partition coefficient (Wildman–Crippen LogP) is 2.55. The summed E-state index contributed by atoms with van der Waals surface area (Å²) in [5.41, 5.74) is 1.91. The Hall–Kier alpha value is -3.61. The Morgan fingerprint density at radius 2 is 1.47 bits per heavy atom. The first kappa shape index (κ1) is 46.5. The SMILES string of the molecule is CCCCCCCCc1ccc(Oc2cc(Nc3ccc(S(=O)(=O)[O-])cc3)c3c4c(c(C(=O)c5ccccc5)c(=O)[nH]c24)-c2ccccc2C3=O)c(SOO[O-])c1.[Na+].[Na+]. The van der Waals surface area contributed by atoms with Gasteiger partial charge >= 0.3 is 59.1 Å². The van der Waals surface area contributed by atoms with Crippen molar-refractivity contribution in [1.29, 1.82) is 0 Å². The van der Waals surface area contributed by atoms with E-state index in [1.165, 1.54) is 31.0 Å². The van der Waals surface area contributed by atoms with Crippen LogP contribution in [0.3, 0.4) is 0 Å². The number of carbonyl (C=O) groups is 2. The minimum absolute atomic E-state index is 0. The summed E-state index contributed by atoms with van der Waals surface area (Å²) in [6.07, 6.45) is 7.47. The summed E-state index contributed by atoms with van der Waals surface area (Å²) < 4.78 is 46.3. The van der Waals surface area contributed by atoms with Crippen LogP contribution in [0, 0.1) is 0 Å². The number of carbonyl (C=O) groups excluding carboxylic acids is 2. The van der Waals surface area contributed by atoms with Gasteiger partial charge in [-0.15, -0.1) is 0 Å². The first-order valence-electron chi connectivity index (χ1n) is 18.4. The number of fused-ring (bicyclic) bond motifs is 2. The number of unbranched alkanes of at least 4 members (excludes halogenated alkanes) is 5. The monoisotopic (exact) mass is 850 g/mol. The Balaban J connectivity index is 0.00000331. The molecular formula is C43H36N2Na2O10S2. The molecule has 59 heavy (non-hydrogen) atoms. The van der Waals surface area contributed by atoms with Gasteiger partial charge in [-0.25, -0.2) is 8.42 Å². The quantitative estimate of drug-likeness (QED) is 0.0260. The van der Waals surface area contributed by atoms with Gasteiger partial charge in [-0.2, -0.15) is 4.33 Å². The molecule has 16 heteroatoms. The average Bonchev–Trinajstić information content (AvgIpc) is 3.21. The second kappa shape index (κ2) is 20.8. The number of pyridine rings is 1. The Morgan fingerprint density at radius 1 is 0.797 bits per heavy atom. The van der Waals surface area contributed by atoms with E-state index in [1.54, 1.807) is 60.7 Å². The van der Waals surface area contributed by atoms with Gasteiger partial charge < -0.3 is 24.8 Å². The van der Waals surface area contributed by atoms with Gasteiger partial charge in [0.2, 0.25) is 0 Å². The van der Waals surface area contributed by atoms with Gasteiger partial charge in [-0.3, -0.25) is 19.4 Å². The molecule has 0 bridgehead atoms. The molecule has 0 aliphatic heterocycles. The van der Waals surface area contributed by atoms with Gasteiger partial charge in [-0.1, -0.05) is 99.7 Å². The number of hydrogen-bond donors (Lipinski definition) is 2. The first-order chi connectivity index (χ1) is 27.6. The van der Waals surface area contributed by atoms with E-state index in [1.807, 2.05) is 12.1 Å². The fraction of sp³-hybridized carbons (Fsp3) is 0.186. The summed E-state index contributed by atoms with van der Waals surface area (Å²) in [5.74, 6) is -0.692. The van der Waals surface area contributed by atoms with Gasteiger partial charge in [0, 0.05) is 33.8 Å². The molecule has 0 radical (unpaired) electrons. The van der Waals surface area contributed by atoms with E-state index in [-0.39, 0.29) is 115 Å². The Bertz CT molecular complexity index is 2660. The van der Waals surface area contributed by atoms with Crippen LogP contribution in [0.15, 0.2) is 118 Å². The van der Waals surface area contributed by atoms with Crippen LogP contribution in [0.5, 0.6) is 11.5 Å². The molecule has 0 saturated carbocycles. The zero-order valence-corrected chi connectivity index (χ0v) is 38.3. The summed E-state index contributed by atoms with van der Waals surface area (Å²) >= 11 is 0.646. The van der Waals surface area contributed by atoms with Crippen LogP contribution in [0.4, 0.5) is 11.4 Å². The van der Waals surface area contributed by atoms with Crippen molar-refractivity contribution in [3.05, 3.63) is 141 Å². The first-order valence-corrected chi connectivity index (χ1v) is 20.5. The van der Waals surface area contributed by atoms with E-state index in [9.17, 15) is 32.6 Å². The fourth-order valence-corrected chi connectivity index (χ4v) is 8.07. The molecule has 1 heterocycles. The molecule has 0 amide bonds. The number of aromatic nitrogens is 1. The number of aryl methyl sites for hydroxylation is 1. The molecule has 0 atom stereocenters. The van der Waals surface area contributed by atoms with E-state index in [0.717, 1.165) is 49.8 Å². The van der Waals surface area contributed by atoms with Crippen molar-refractivity contribution in [2.24, 2.45) is 0 Å². The van der Waals surface area contributed by atoms with Crippen molar-refractivity contribution in [2.45, 2.75) is 61.7 Å². The zero-order valence-electron chi connectivity index (χ0n) is 32.7. The molecule has 12 nitrogen and oxygen atoms in total. The third kappa shape index (κ3) is 10.3. The van der Waals surface area contributed by atoms with Crippen molar-refractivity contribution in [3.8, 4) is 22.6 Å². The number of H-pyrrole nitrogens is 1. The van der Waals surface area contributed by atoms with Crippen LogP contribution < -0.4 is 80.0 Å². The second-order valence-corrected chi connectivity index (χ2v) is 15.7. The molecule has 0 fully saturated rings. The summed E-state index contributed by atoms with van der Waals surface area (Å²) in [5, 5.41) is 18.0. The largest absolute Gasteiger partial charge is 1.00 e. The van der Waals surface area contributed by atoms with Gasteiger partial charge in [0.15, 0.2) is 17.3 Å². The molecule has 5 aromatic carbocycles. The molecule has 0 spiro atoms. The number of ether oxygens (including phenoxy) is 1. The number of benzene rings is 5. The van der Waals surface area contributed by atoms with E-state index < -0.39 is 32.1 Å². The molecular weight excluding hydrogens is 815 g/mol. The number of aromatic amines is 1. The number of anilines is 2. The molecule has 0 saturated heterocycles. The van der Waals surface area contributed by atoms with Crippen LogP contribution in [0.2, 0.25) is 0 Å². The fourth-order valence-electron chi connectivity index (χ4n) is 7.11. The summed E-state index contributed by atoms with van der Waals surface area (Å²) in [6, 6.07) is 26.9. The molecule has 292 valence electrons.